The fourth-order valence-electron chi connectivity index (χ4n) is 3.21. The smallest absolute Gasteiger partial charge is 0.228 e. The van der Waals surface area contributed by atoms with Crippen LogP contribution in [0.3, 0.4) is 0 Å². The lowest BCUT2D eigenvalue weighted by atomic mass is 9.95. The van der Waals surface area contributed by atoms with Crippen molar-refractivity contribution in [1.82, 2.24) is 9.78 Å². The molecule has 1 aromatic heterocycles. The normalized spacial score (nSPS) is 19.8. The van der Waals surface area contributed by atoms with Gasteiger partial charge in [-0.2, -0.15) is 5.10 Å². The van der Waals surface area contributed by atoms with E-state index in [1.54, 1.807) is 10.9 Å². The average Bonchev–Trinajstić information content (AvgIpc) is 3.19. The SMILES string of the molecule is Cl.NC[C@H]1CCC[C@H]1C(=O)Nc1ccnn1Cc1ccc(Cl)cc1. The second-order valence-corrected chi connectivity index (χ2v) is 6.46. The summed E-state index contributed by atoms with van der Waals surface area (Å²) in [5.41, 5.74) is 6.85. The van der Waals surface area contributed by atoms with Crippen LogP contribution in [-0.2, 0) is 11.3 Å². The Balaban J connectivity index is 0.00000208. The van der Waals surface area contributed by atoms with Gasteiger partial charge in [-0.15, -0.1) is 12.4 Å². The van der Waals surface area contributed by atoms with Crippen molar-refractivity contribution < 1.29 is 4.79 Å². The third-order valence-electron chi connectivity index (χ3n) is 4.51. The molecule has 1 fully saturated rings. The van der Waals surface area contributed by atoms with E-state index in [2.05, 4.69) is 10.4 Å². The van der Waals surface area contributed by atoms with Gasteiger partial charge in [0.1, 0.15) is 5.82 Å². The zero-order valence-electron chi connectivity index (χ0n) is 13.3. The van der Waals surface area contributed by atoms with Crippen LogP contribution in [0.2, 0.25) is 5.02 Å². The van der Waals surface area contributed by atoms with Gasteiger partial charge in [-0.3, -0.25) is 4.79 Å². The molecule has 2 atom stereocenters. The summed E-state index contributed by atoms with van der Waals surface area (Å²) in [6, 6.07) is 9.43. The highest BCUT2D eigenvalue weighted by Crippen LogP contribution is 2.31. The van der Waals surface area contributed by atoms with Crippen LogP contribution in [0.15, 0.2) is 36.5 Å². The van der Waals surface area contributed by atoms with Crippen molar-refractivity contribution in [3.63, 3.8) is 0 Å². The fourth-order valence-corrected chi connectivity index (χ4v) is 3.34. The van der Waals surface area contributed by atoms with Crippen molar-refractivity contribution in [2.45, 2.75) is 25.8 Å². The number of anilines is 1. The van der Waals surface area contributed by atoms with Crippen LogP contribution in [0.5, 0.6) is 0 Å². The van der Waals surface area contributed by atoms with E-state index in [9.17, 15) is 4.79 Å². The zero-order valence-corrected chi connectivity index (χ0v) is 14.9. The number of nitrogens with two attached hydrogens (primary N) is 1. The van der Waals surface area contributed by atoms with E-state index in [0.29, 0.717) is 29.8 Å². The summed E-state index contributed by atoms with van der Waals surface area (Å²) in [5.74, 6) is 1.07. The largest absolute Gasteiger partial charge is 0.330 e. The Bertz CT molecular complexity index is 671. The maximum Gasteiger partial charge on any atom is 0.228 e. The van der Waals surface area contributed by atoms with Crippen molar-refractivity contribution in [3.8, 4) is 0 Å². The van der Waals surface area contributed by atoms with Crippen molar-refractivity contribution in [2.75, 3.05) is 11.9 Å². The first-order chi connectivity index (χ1) is 11.2. The number of carbonyl (C=O) groups is 1. The van der Waals surface area contributed by atoms with Gasteiger partial charge in [0.15, 0.2) is 0 Å². The monoisotopic (exact) mass is 368 g/mol. The van der Waals surface area contributed by atoms with Gasteiger partial charge >= 0.3 is 0 Å². The molecule has 1 heterocycles. The summed E-state index contributed by atoms with van der Waals surface area (Å²) in [5, 5.41) is 8.01. The standard InChI is InChI=1S/C17H21ClN4O.ClH/c18-14-6-4-12(5-7-14)11-22-16(8-9-20-22)21-17(23)15-3-1-2-13(15)10-19;/h4-9,13,15H,1-3,10-11,19H2,(H,21,23);1H/t13-,15-;/m1./s1. The highest BCUT2D eigenvalue weighted by Gasteiger charge is 2.32. The Morgan fingerprint density at radius 1 is 1.29 bits per heavy atom. The van der Waals surface area contributed by atoms with Crippen LogP contribution in [-0.4, -0.2) is 22.2 Å². The van der Waals surface area contributed by atoms with E-state index in [-0.39, 0.29) is 24.2 Å². The predicted molar refractivity (Wildman–Crippen MR) is 98.5 cm³/mol. The first kappa shape index (κ1) is 18.8. The van der Waals surface area contributed by atoms with Crippen LogP contribution in [0.1, 0.15) is 24.8 Å². The van der Waals surface area contributed by atoms with E-state index in [4.69, 9.17) is 17.3 Å². The third kappa shape index (κ3) is 4.29. The lowest BCUT2D eigenvalue weighted by Crippen LogP contribution is -2.30. The number of halogens is 2. The number of amides is 1. The van der Waals surface area contributed by atoms with E-state index in [1.165, 1.54) is 0 Å². The Morgan fingerprint density at radius 3 is 2.75 bits per heavy atom. The molecular weight excluding hydrogens is 347 g/mol. The number of nitrogens with zero attached hydrogens (tertiary/aromatic N) is 2. The molecule has 3 N–H and O–H groups in total. The summed E-state index contributed by atoms with van der Waals surface area (Å²) in [7, 11) is 0. The number of hydrogen-bond acceptors (Lipinski definition) is 3. The van der Waals surface area contributed by atoms with Crippen LogP contribution in [0.4, 0.5) is 5.82 Å². The molecule has 1 aromatic carbocycles. The van der Waals surface area contributed by atoms with Crippen LogP contribution in [0, 0.1) is 11.8 Å². The van der Waals surface area contributed by atoms with Crippen molar-refractivity contribution in [3.05, 3.63) is 47.1 Å². The number of benzene rings is 1. The number of rotatable bonds is 5. The second-order valence-electron chi connectivity index (χ2n) is 6.02. The van der Waals surface area contributed by atoms with Crippen molar-refractivity contribution in [1.29, 1.82) is 0 Å². The molecule has 0 aliphatic heterocycles. The average molecular weight is 369 g/mol. The highest BCUT2D eigenvalue weighted by atomic mass is 35.5. The molecule has 0 saturated heterocycles. The maximum absolute atomic E-state index is 12.5. The highest BCUT2D eigenvalue weighted by molar-refractivity contribution is 6.30. The summed E-state index contributed by atoms with van der Waals surface area (Å²) in [6.07, 6.45) is 4.72. The minimum atomic E-state index is 0. The van der Waals surface area contributed by atoms with Gasteiger partial charge in [-0.25, -0.2) is 4.68 Å². The summed E-state index contributed by atoms with van der Waals surface area (Å²) < 4.78 is 1.79. The number of hydrogen-bond donors (Lipinski definition) is 2. The second kappa shape index (κ2) is 8.51. The zero-order chi connectivity index (χ0) is 16.2. The molecule has 1 aliphatic carbocycles. The van der Waals surface area contributed by atoms with Gasteiger partial charge in [0.25, 0.3) is 0 Å². The van der Waals surface area contributed by atoms with Gasteiger partial charge in [0.2, 0.25) is 5.91 Å². The van der Waals surface area contributed by atoms with E-state index >= 15 is 0 Å². The molecule has 7 heteroatoms. The molecule has 1 aliphatic rings. The molecule has 1 saturated carbocycles. The van der Waals surface area contributed by atoms with Crippen LogP contribution in [0.25, 0.3) is 0 Å². The molecule has 1 amide bonds. The van der Waals surface area contributed by atoms with Gasteiger partial charge in [-0.05, 0) is 43.0 Å². The molecule has 0 bridgehead atoms. The molecule has 0 spiro atoms. The molecule has 0 radical (unpaired) electrons. The molecule has 24 heavy (non-hydrogen) atoms. The maximum atomic E-state index is 12.5. The number of aromatic nitrogens is 2. The fraction of sp³-hybridized carbons (Fsp3) is 0.412. The van der Waals surface area contributed by atoms with Crippen molar-refractivity contribution in [2.24, 2.45) is 17.6 Å². The lowest BCUT2D eigenvalue weighted by molar-refractivity contribution is -0.120. The van der Waals surface area contributed by atoms with E-state index in [1.807, 2.05) is 30.3 Å². The lowest BCUT2D eigenvalue weighted by Gasteiger charge is -2.17. The first-order valence-electron chi connectivity index (χ1n) is 7.94. The molecule has 2 aromatic rings. The topological polar surface area (TPSA) is 72.9 Å². The van der Waals surface area contributed by atoms with E-state index < -0.39 is 0 Å². The molecular formula is C17H22Cl2N4O. The summed E-state index contributed by atoms with van der Waals surface area (Å²) in [4.78, 5) is 12.5. The molecule has 130 valence electrons. The van der Waals surface area contributed by atoms with Gasteiger partial charge in [-0.1, -0.05) is 30.2 Å². The number of carbonyl (C=O) groups excluding carboxylic acids is 1. The summed E-state index contributed by atoms with van der Waals surface area (Å²) in [6.45, 7) is 1.16. The van der Waals surface area contributed by atoms with Crippen molar-refractivity contribution >= 4 is 35.7 Å². The number of nitrogens with one attached hydrogen (secondary N) is 1. The Kier molecular flexibility index (Phi) is 6.66. The molecule has 5 nitrogen and oxygen atoms in total. The Morgan fingerprint density at radius 2 is 2.04 bits per heavy atom. The van der Waals surface area contributed by atoms with Gasteiger partial charge < -0.3 is 11.1 Å². The van der Waals surface area contributed by atoms with Gasteiger partial charge in [0, 0.05) is 17.0 Å². The first-order valence-corrected chi connectivity index (χ1v) is 8.32. The Labute approximate surface area is 153 Å². The molecule has 0 unspecified atom stereocenters. The minimum absolute atomic E-state index is 0. The van der Waals surface area contributed by atoms with E-state index in [0.717, 1.165) is 24.8 Å². The predicted octanol–water partition coefficient (Wildman–Crippen LogP) is 3.32. The van der Waals surface area contributed by atoms with Gasteiger partial charge in [0.05, 0.1) is 12.7 Å². The summed E-state index contributed by atoms with van der Waals surface area (Å²) >= 11 is 5.90. The minimum Gasteiger partial charge on any atom is -0.330 e. The third-order valence-corrected chi connectivity index (χ3v) is 4.76. The van der Waals surface area contributed by atoms with Crippen LogP contribution >= 0.6 is 24.0 Å². The molecule has 3 rings (SSSR count). The Hall–Kier alpha value is -1.56. The quantitative estimate of drug-likeness (QED) is 0.849. The van der Waals surface area contributed by atoms with Crippen LogP contribution < -0.4 is 11.1 Å².